The van der Waals surface area contributed by atoms with Crippen LogP contribution < -0.4 is 10.6 Å². The molecule has 0 spiro atoms. The topological polar surface area (TPSA) is 100 Å². The van der Waals surface area contributed by atoms with Crippen molar-refractivity contribution in [3.8, 4) is 5.75 Å². The molecular formula is C19H19ClN4O3S. The number of hydrogen-bond acceptors (Lipinski definition) is 6. The van der Waals surface area contributed by atoms with E-state index in [4.69, 9.17) is 16.0 Å². The lowest BCUT2D eigenvalue weighted by Crippen LogP contribution is -2.19. The molecule has 2 aromatic heterocycles. The van der Waals surface area contributed by atoms with E-state index in [1.165, 1.54) is 29.5 Å². The second-order valence-electron chi connectivity index (χ2n) is 6.96. The average Bonchev–Trinajstić information content (AvgIpc) is 3.24. The number of benzene rings is 1. The van der Waals surface area contributed by atoms with Crippen LogP contribution in [0, 0.1) is 0 Å². The summed E-state index contributed by atoms with van der Waals surface area (Å²) >= 11 is 7.27. The Morgan fingerprint density at radius 3 is 2.68 bits per heavy atom. The molecule has 2 amide bonds. The van der Waals surface area contributed by atoms with Gasteiger partial charge in [0, 0.05) is 28.6 Å². The highest BCUT2D eigenvalue weighted by Crippen LogP contribution is 2.27. The smallest absolute Gasteiger partial charge is 0.325 e. The molecule has 0 aliphatic rings. The molecule has 0 bridgehead atoms. The second-order valence-corrected chi connectivity index (χ2v) is 8.43. The Morgan fingerprint density at radius 1 is 1.21 bits per heavy atom. The summed E-state index contributed by atoms with van der Waals surface area (Å²) in [6, 6.07) is 3.80. The Labute approximate surface area is 171 Å². The molecule has 0 radical (unpaired) electrons. The lowest BCUT2D eigenvalue weighted by molar-refractivity contribution is 0.262. The number of aromatic hydroxyl groups is 1. The monoisotopic (exact) mass is 418 g/mol. The maximum atomic E-state index is 12.1. The van der Waals surface area contributed by atoms with Gasteiger partial charge in [0.15, 0.2) is 5.13 Å². The number of thiazole rings is 1. The van der Waals surface area contributed by atoms with Crippen LogP contribution in [0.5, 0.6) is 5.75 Å². The number of carbonyl (C=O) groups is 1. The van der Waals surface area contributed by atoms with Crippen LogP contribution in [0.2, 0.25) is 5.02 Å². The molecule has 9 heteroatoms. The molecule has 0 unspecified atom stereocenters. The highest BCUT2D eigenvalue weighted by Gasteiger charge is 2.18. The predicted molar refractivity (Wildman–Crippen MR) is 112 cm³/mol. The molecule has 3 N–H and O–H groups in total. The molecule has 0 aliphatic carbocycles. The molecule has 0 atom stereocenters. The zero-order valence-electron chi connectivity index (χ0n) is 15.5. The quantitative estimate of drug-likeness (QED) is 0.478. The van der Waals surface area contributed by atoms with Gasteiger partial charge in [0.05, 0.1) is 16.9 Å². The standard InChI is InChI=1S/C19H19ClN4O3S/c1-19(2,3)15-10-21-16(27-15)7-5-12-9-22-18(28-12)24-17(26)23-14-6-4-11(25)8-13(14)20/h4-10,25H,1-3H3,(H2,22,23,24,26). The summed E-state index contributed by atoms with van der Waals surface area (Å²) in [4.78, 5) is 21.3. The fraction of sp³-hybridized carbons (Fsp3) is 0.211. The van der Waals surface area contributed by atoms with E-state index < -0.39 is 6.03 Å². The first-order valence-electron chi connectivity index (χ1n) is 8.37. The Kier molecular flexibility index (Phi) is 5.71. The van der Waals surface area contributed by atoms with Crippen LogP contribution in [-0.2, 0) is 5.41 Å². The minimum Gasteiger partial charge on any atom is -0.508 e. The molecular weight excluding hydrogens is 400 g/mol. The molecule has 2 heterocycles. The Bertz CT molecular complexity index is 1020. The van der Waals surface area contributed by atoms with Crippen LogP contribution in [0.3, 0.4) is 0 Å². The summed E-state index contributed by atoms with van der Waals surface area (Å²) in [5, 5.41) is 15.2. The summed E-state index contributed by atoms with van der Waals surface area (Å²) in [5.74, 6) is 1.34. The van der Waals surface area contributed by atoms with Gasteiger partial charge in [-0.2, -0.15) is 0 Å². The molecule has 28 heavy (non-hydrogen) atoms. The van der Waals surface area contributed by atoms with Crippen molar-refractivity contribution in [2.24, 2.45) is 0 Å². The van der Waals surface area contributed by atoms with Gasteiger partial charge in [0.25, 0.3) is 0 Å². The summed E-state index contributed by atoms with van der Waals surface area (Å²) in [6.07, 6.45) is 6.93. The minimum atomic E-state index is -0.486. The minimum absolute atomic E-state index is 0.0213. The van der Waals surface area contributed by atoms with Crippen molar-refractivity contribution >= 4 is 51.9 Å². The Balaban J connectivity index is 1.60. The second kappa shape index (κ2) is 8.04. The first kappa shape index (κ1) is 19.9. The molecule has 0 fully saturated rings. The molecule has 0 saturated carbocycles. The van der Waals surface area contributed by atoms with Crippen LogP contribution >= 0.6 is 22.9 Å². The van der Waals surface area contributed by atoms with Crippen molar-refractivity contribution in [2.45, 2.75) is 26.2 Å². The number of phenolic OH excluding ortho intramolecular Hbond substituents is 1. The summed E-state index contributed by atoms with van der Waals surface area (Å²) in [5.41, 5.74) is 0.279. The Morgan fingerprint density at radius 2 is 2.00 bits per heavy atom. The number of phenols is 1. The third-order valence-corrected chi connectivity index (χ3v) is 4.79. The zero-order valence-corrected chi connectivity index (χ0v) is 17.1. The van der Waals surface area contributed by atoms with Gasteiger partial charge in [0.1, 0.15) is 11.5 Å². The third-order valence-electron chi connectivity index (χ3n) is 3.60. The molecule has 3 rings (SSSR count). The maximum Gasteiger partial charge on any atom is 0.325 e. The van der Waals surface area contributed by atoms with E-state index in [0.29, 0.717) is 16.7 Å². The third kappa shape index (κ3) is 5.11. The van der Waals surface area contributed by atoms with Gasteiger partial charge in [-0.15, -0.1) is 0 Å². The van der Waals surface area contributed by atoms with Crippen LogP contribution in [0.15, 0.2) is 35.0 Å². The number of halogens is 1. The predicted octanol–water partition coefficient (Wildman–Crippen LogP) is 5.60. The number of rotatable bonds is 4. The van der Waals surface area contributed by atoms with Crippen LogP contribution in [-0.4, -0.2) is 21.1 Å². The van der Waals surface area contributed by atoms with Gasteiger partial charge in [0.2, 0.25) is 5.89 Å². The molecule has 7 nitrogen and oxygen atoms in total. The number of nitrogens with one attached hydrogen (secondary N) is 2. The zero-order chi connectivity index (χ0) is 20.3. The number of urea groups is 1. The van der Waals surface area contributed by atoms with E-state index >= 15 is 0 Å². The van der Waals surface area contributed by atoms with Gasteiger partial charge in [-0.3, -0.25) is 5.32 Å². The number of anilines is 2. The number of carbonyl (C=O) groups excluding carboxylic acids is 1. The lowest BCUT2D eigenvalue weighted by atomic mass is 9.94. The molecule has 0 saturated heterocycles. The normalized spacial score (nSPS) is 11.7. The lowest BCUT2D eigenvalue weighted by Gasteiger charge is -2.12. The van der Waals surface area contributed by atoms with Crippen molar-refractivity contribution < 1.29 is 14.3 Å². The fourth-order valence-corrected chi connectivity index (χ4v) is 3.08. The van der Waals surface area contributed by atoms with Crippen LogP contribution in [0.1, 0.15) is 37.3 Å². The van der Waals surface area contributed by atoms with Gasteiger partial charge in [-0.05, 0) is 18.2 Å². The number of amides is 2. The molecule has 1 aromatic carbocycles. The summed E-state index contributed by atoms with van der Waals surface area (Å²) in [7, 11) is 0. The number of nitrogens with zero attached hydrogens (tertiary/aromatic N) is 2. The van der Waals surface area contributed by atoms with E-state index in [2.05, 4.69) is 41.4 Å². The van der Waals surface area contributed by atoms with Crippen LogP contribution in [0.4, 0.5) is 15.6 Å². The van der Waals surface area contributed by atoms with Gasteiger partial charge >= 0.3 is 6.03 Å². The van der Waals surface area contributed by atoms with Crippen molar-refractivity contribution in [2.75, 3.05) is 10.6 Å². The van der Waals surface area contributed by atoms with Gasteiger partial charge < -0.3 is 14.8 Å². The van der Waals surface area contributed by atoms with E-state index in [1.54, 1.807) is 18.5 Å². The van der Waals surface area contributed by atoms with Gasteiger partial charge in [-0.1, -0.05) is 43.7 Å². The number of aromatic nitrogens is 2. The SMILES string of the molecule is CC(C)(C)c1cnc(C=Cc2cnc(NC(=O)Nc3ccc(O)cc3Cl)s2)o1. The summed E-state index contributed by atoms with van der Waals surface area (Å²) < 4.78 is 5.70. The van der Waals surface area contributed by atoms with E-state index in [1.807, 2.05) is 6.08 Å². The largest absolute Gasteiger partial charge is 0.508 e. The summed E-state index contributed by atoms with van der Waals surface area (Å²) in [6.45, 7) is 6.16. The highest BCUT2D eigenvalue weighted by atomic mass is 35.5. The molecule has 3 aromatic rings. The van der Waals surface area contributed by atoms with Crippen molar-refractivity contribution in [3.05, 3.63) is 52.1 Å². The molecule has 146 valence electrons. The van der Waals surface area contributed by atoms with Crippen molar-refractivity contribution in [3.63, 3.8) is 0 Å². The van der Waals surface area contributed by atoms with E-state index in [0.717, 1.165) is 10.6 Å². The van der Waals surface area contributed by atoms with Crippen molar-refractivity contribution in [1.82, 2.24) is 9.97 Å². The maximum absolute atomic E-state index is 12.1. The fourth-order valence-electron chi connectivity index (χ4n) is 2.14. The first-order chi connectivity index (χ1) is 13.2. The van der Waals surface area contributed by atoms with Gasteiger partial charge in [-0.25, -0.2) is 14.8 Å². The highest BCUT2D eigenvalue weighted by molar-refractivity contribution is 7.16. The van der Waals surface area contributed by atoms with Crippen molar-refractivity contribution in [1.29, 1.82) is 0 Å². The van der Waals surface area contributed by atoms with Crippen LogP contribution in [0.25, 0.3) is 12.2 Å². The number of oxazole rings is 1. The Hall–Kier alpha value is -2.84. The molecule has 0 aliphatic heterocycles. The van der Waals surface area contributed by atoms with E-state index in [9.17, 15) is 9.90 Å². The average molecular weight is 419 g/mol. The first-order valence-corrected chi connectivity index (χ1v) is 9.57. The van der Waals surface area contributed by atoms with E-state index in [-0.39, 0.29) is 16.2 Å². The number of hydrogen-bond donors (Lipinski definition) is 3.